The zero-order chi connectivity index (χ0) is 20.3. The summed E-state index contributed by atoms with van der Waals surface area (Å²) in [5.41, 5.74) is 0.339. The Kier molecular flexibility index (Phi) is 4.66. The van der Waals surface area contributed by atoms with Crippen molar-refractivity contribution in [2.75, 3.05) is 14.1 Å². The van der Waals surface area contributed by atoms with E-state index in [-0.39, 0.29) is 27.6 Å². The first-order chi connectivity index (χ1) is 12.5. The van der Waals surface area contributed by atoms with Crippen molar-refractivity contribution in [3.63, 3.8) is 0 Å². The van der Waals surface area contributed by atoms with Gasteiger partial charge in [-0.15, -0.1) is 4.09 Å². The van der Waals surface area contributed by atoms with Gasteiger partial charge in [-0.2, -0.15) is 26.1 Å². The highest BCUT2D eigenvalue weighted by Gasteiger charge is 2.24. The Hall–Kier alpha value is -2.22. The summed E-state index contributed by atoms with van der Waals surface area (Å²) in [5, 5.41) is 2.58. The molecule has 0 atom stereocenters. The molecule has 1 aromatic carbocycles. The molecule has 0 fully saturated rings. The van der Waals surface area contributed by atoms with Crippen molar-refractivity contribution in [2.45, 2.75) is 6.92 Å². The number of halogens is 3. The number of rotatable bonds is 3. The van der Waals surface area contributed by atoms with Crippen LogP contribution in [0.15, 0.2) is 12.1 Å². The highest BCUT2D eigenvalue weighted by Crippen LogP contribution is 2.33. The second kappa shape index (κ2) is 6.44. The molecule has 3 rings (SSSR count). The minimum atomic E-state index is -4.26. The number of hydrogen-bond acceptors (Lipinski definition) is 5. The van der Waals surface area contributed by atoms with Crippen molar-refractivity contribution in [2.24, 2.45) is 0 Å². The topological polar surface area (TPSA) is 110 Å². The zero-order valence-corrected chi connectivity index (χ0v) is 16.4. The first-order valence-electron chi connectivity index (χ1n) is 7.17. The molecule has 0 spiro atoms. The number of benzene rings is 1. The Morgan fingerprint density at radius 1 is 1.22 bits per heavy atom. The molecule has 0 saturated carbocycles. The van der Waals surface area contributed by atoms with Gasteiger partial charge >= 0.3 is 10.2 Å². The van der Waals surface area contributed by atoms with E-state index in [1.165, 1.54) is 25.6 Å². The standard InChI is InChI=1S/C13H12ClF2N5O4S2/c1-6-11(14)7-4-8(15)9(16)5-10(7)20(6)12-17-13(26(22)23)21(18-12)27(24,25)19(2)3/h4-5H,1-3H3,(H,17,18). The molecule has 0 aliphatic heterocycles. The number of aromatic nitrogens is 4. The first-order valence-corrected chi connectivity index (χ1v) is 10.0. The maximum atomic E-state index is 13.7. The van der Waals surface area contributed by atoms with Crippen molar-refractivity contribution in [1.82, 2.24) is 23.0 Å². The lowest BCUT2D eigenvalue weighted by Crippen LogP contribution is -2.30. The second-order valence-electron chi connectivity index (χ2n) is 5.64. The van der Waals surface area contributed by atoms with E-state index in [0.29, 0.717) is 4.09 Å². The predicted molar refractivity (Wildman–Crippen MR) is 93.2 cm³/mol. The molecule has 0 unspecified atom stereocenters. The molecule has 0 aliphatic rings. The molecule has 1 N–H and O–H groups in total. The average Bonchev–Trinajstić information content (AvgIpc) is 3.11. The summed E-state index contributed by atoms with van der Waals surface area (Å²) >= 11 is 6.16. The van der Waals surface area contributed by atoms with Crippen molar-refractivity contribution in [1.29, 1.82) is 0 Å². The van der Waals surface area contributed by atoms with E-state index >= 15 is 0 Å². The van der Waals surface area contributed by atoms with E-state index in [1.807, 2.05) is 0 Å². The van der Waals surface area contributed by atoms with Gasteiger partial charge in [0.2, 0.25) is 5.95 Å². The van der Waals surface area contributed by atoms with Crippen LogP contribution in [0, 0.1) is 23.3 Å². The van der Waals surface area contributed by atoms with E-state index in [2.05, 4.69) is 10.1 Å². The molecule has 3 aromatic rings. The van der Waals surface area contributed by atoms with Crippen molar-refractivity contribution < 1.29 is 25.6 Å². The highest BCUT2D eigenvalue weighted by molar-refractivity contribution is 7.87. The van der Waals surface area contributed by atoms with Crippen LogP contribution in [0.2, 0.25) is 5.02 Å². The van der Waals surface area contributed by atoms with Crippen LogP contribution in [0.5, 0.6) is 0 Å². The minimum absolute atomic E-state index is 0.0720. The monoisotopic (exact) mass is 439 g/mol. The normalized spacial score (nSPS) is 12.3. The van der Waals surface area contributed by atoms with Crippen LogP contribution in [-0.2, 0) is 20.5 Å². The van der Waals surface area contributed by atoms with Gasteiger partial charge in [0.1, 0.15) is 0 Å². The van der Waals surface area contributed by atoms with Crippen LogP contribution in [-0.4, -0.2) is 54.0 Å². The summed E-state index contributed by atoms with van der Waals surface area (Å²) in [6, 6.07) is 1.74. The van der Waals surface area contributed by atoms with Crippen LogP contribution in [0.1, 0.15) is 5.69 Å². The smallest absolute Gasteiger partial charge is 0.281 e. The summed E-state index contributed by atoms with van der Waals surface area (Å²) in [4.78, 5) is 3.78. The SMILES string of the molecule is Cc1c(Cl)c2cc(F)c(F)cc2n1-c1nc(=S(=O)=O)n(S(=O)(=O)N(C)C)[nH]1. The summed E-state index contributed by atoms with van der Waals surface area (Å²) in [7, 11) is -4.87. The first kappa shape index (κ1) is 19.5. The number of hydrogen-bond donors (Lipinski definition) is 1. The van der Waals surface area contributed by atoms with Gasteiger partial charge in [0.25, 0.3) is 15.1 Å². The van der Waals surface area contributed by atoms with E-state index in [4.69, 9.17) is 11.6 Å². The quantitative estimate of drug-likeness (QED) is 0.621. The fourth-order valence-corrected chi connectivity index (χ4v) is 4.27. The van der Waals surface area contributed by atoms with Gasteiger partial charge in [-0.1, -0.05) is 11.6 Å². The molecule has 0 aliphatic carbocycles. The van der Waals surface area contributed by atoms with Gasteiger partial charge in [-0.25, -0.2) is 13.9 Å². The Bertz CT molecular complexity index is 1360. The molecule has 2 aromatic heterocycles. The lowest BCUT2D eigenvalue weighted by molar-refractivity contribution is 0.502. The summed E-state index contributed by atoms with van der Waals surface area (Å²) in [6.45, 7) is 1.50. The van der Waals surface area contributed by atoms with E-state index in [1.54, 1.807) is 0 Å². The minimum Gasteiger partial charge on any atom is -0.281 e. The highest BCUT2D eigenvalue weighted by atomic mass is 35.5. The molecule has 14 heteroatoms. The molecule has 27 heavy (non-hydrogen) atoms. The van der Waals surface area contributed by atoms with E-state index < -0.39 is 36.9 Å². The van der Waals surface area contributed by atoms with Crippen molar-refractivity contribution >= 4 is 43.0 Å². The van der Waals surface area contributed by atoms with Gasteiger partial charge in [0.05, 0.1) is 10.5 Å². The lowest BCUT2D eigenvalue weighted by atomic mass is 10.2. The van der Waals surface area contributed by atoms with E-state index in [0.717, 1.165) is 16.4 Å². The van der Waals surface area contributed by atoms with Crippen molar-refractivity contribution in [3.8, 4) is 5.95 Å². The molecule has 0 saturated heterocycles. The van der Waals surface area contributed by atoms with Crippen LogP contribution in [0.3, 0.4) is 0 Å². The summed E-state index contributed by atoms with van der Waals surface area (Å²) in [5.74, 6) is -2.54. The third-order valence-electron chi connectivity index (χ3n) is 3.80. The number of fused-ring (bicyclic) bond motifs is 1. The van der Waals surface area contributed by atoms with E-state index in [9.17, 15) is 25.6 Å². The summed E-state index contributed by atoms with van der Waals surface area (Å²) in [6.07, 6.45) is 0. The van der Waals surface area contributed by atoms with Gasteiger partial charge < -0.3 is 0 Å². The maximum Gasteiger partial charge on any atom is 0.323 e. The van der Waals surface area contributed by atoms with Crippen LogP contribution in [0.4, 0.5) is 8.78 Å². The Morgan fingerprint density at radius 2 is 1.81 bits per heavy atom. The fraction of sp³-hybridized carbons (Fsp3) is 0.231. The third-order valence-corrected chi connectivity index (χ3v) is 6.61. The number of nitrogens with one attached hydrogen (secondary N) is 1. The Balaban J connectivity index is 2.46. The third kappa shape index (κ3) is 2.96. The molecule has 0 radical (unpaired) electrons. The fourth-order valence-electron chi connectivity index (χ4n) is 2.47. The summed E-state index contributed by atoms with van der Waals surface area (Å²) < 4.78 is 76.4. The lowest BCUT2D eigenvalue weighted by Gasteiger charge is -2.10. The molecule has 0 bridgehead atoms. The molecular formula is C13H12ClF2N5O4S2. The molecule has 146 valence electrons. The van der Waals surface area contributed by atoms with Gasteiger partial charge in [-0.3, -0.25) is 4.57 Å². The molecule has 0 amide bonds. The number of aromatic amines is 1. The van der Waals surface area contributed by atoms with Gasteiger partial charge in [0, 0.05) is 31.2 Å². The maximum absolute atomic E-state index is 13.7. The predicted octanol–water partition coefficient (Wildman–Crippen LogP) is 1.46. The number of H-pyrrole nitrogens is 1. The molecular weight excluding hydrogens is 428 g/mol. The zero-order valence-electron chi connectivity index (χ0n) is 14.0. The number of nitrogens with zero attached hydrogens (tertiary/aromatic N) is 4. The Morgan fingerprint density at radius 3 is 2.37 bits per heavy atom. The Labute approximate surface area is 158 Å². The average molecular weight is 440 g/mol. The van der Waals surface area contributed by atoms with Crippen LogP contribution < -0.4 is 0 Å². The van der Waals surface area contributed by atoms with Gasteiger partial charge in [0.15, 0.2) is 11.6 Å². The second-order valence-corrected chi connectivity index (χ2v) is 8.84. The molecule has 9 nitrogen and oxygen atoms in total. The van der Waals surface area contributed by atoms with Crippen LogP contribution in [0.25, 0.3) is 16.9 Å². The largest absolute Gasteiger partial charge is 0.323 e. The van der Waals surface area contributed by atoms with Gasteiger partial charge in [-0.05, 0) is 13.0 Å². The molecule has 2 heterocycles. The van der Waals surface area contributed by atoms with Crippen LogP contribution >= 0.6 is 11.6 Å². The van der Waals surface area contributed by atoms with Crippen molar-refractivity contribution in [3.05, 3.63) is 39.3 Å².